The van der Waals surface area contributed by atoms with E-state index >= 15 is 0 Å². The Hall–Kier alpha value is -3.61. The number of thiophene rings is 1. The first-order valence-corrected chi connectivity index (χ1v) is 13.5. The van der Waals surface area contributed by atoms with E-state index in [0.29, 0.717) is 45.1 Å². The van der Waals surface area contributed by atoms with Crippen LogP contribution in [0.5, 0.6) is 5.75 Å². The second-order valence-corrected chi connectivity index (χ2v) is 10.7. The van der Waals surface area contributed by atoms with Gasteiger partial charge < -0.3 is 15.4 Å². The first-order valence-electron chi connectivity index (χ1n) is 12.3. The molecule has 1 aromatic heterocycles. The summed E-state index contributed by atoms with van der Waals surface area (Å²) in [6.07, 6.45) is 2.76. The molecule has 0 fully saturated rings. The van der Waals surface area contributed by atoms with Gasteiger partial charge in [0.25, 0.3) is 11.8 Å². The maximum atomic E-state index is 13.5. The summed E-state index contributed by atoms with van der Waals surface area (Å²) in [6.45, 7) is 2.58. The minimum atomic E-state index is -0.222. The molecule has 0 radical (unpaired) electrons. The van der Waals surface area contributed by atoms with Crippen LogP contribution in [0.1, 0.15) is 50.1 Å². The van der Waals surface area contributed by atoms with Crippen LogP contribution in [0.25, 0.3) is 0 Å². The predicted molar refractivity (Wildman–Crippen MR) is 150 cm³/mol. The fraction of sp³-hybridized carbons (Fsp3) is 0.200. The summed E-state index contributed by atoms with van der Waals surface area (Å²) >= 11 is 7.72. The highest BCUT2D eigenvalue weighted by atomic mass is 35.5. The quantitative estimate of drug-likeness (QED) is 0.258. The summed E-state index contributed by atoms with van der Waals surface area (Å²) in [7, 11) is 0. The van der Waals surface area contributed by atoms with Crippen LogP contribution in [0.15, 0.2) is 78.9 Å². The van der Waals surface area contributed by atoms with Crippen LogP contribution in [0.3, 0.4) is 0 Å². The molecule has 1 unspecified atom stereocenters. The Morgan fingerprint density at radius 1 is 0.946 bits per heavy atom. The normalized spacial score (nSPS) is 14.5. The zero-order chi connectivity index (χ0) is 25.8. The highest BCUT2D eigenvalue weighted by Gasteiger charge is 2.28. The third-order valence-corrected chi connectivity index (χ3v) is 8.00. The van der Waals surface area contributed by atoms with Crippen LogP contribution in [-0.4, -0.2) is 11.8 Å². The van der Waals surface area contributed by atoms with E-state index in [1.807, 2.05) is 66.7 Å². The molecule has 5 rings (SSSR count). The molecule has 1 aliphatic rings. The Labute approximate surface area is 225 Å². The zero-order valence-electron chi connectivity index (χ0n) is 20.4. The third kappa shape index (κ3) is 5.87. The minimum Gasteiger partial charge on any atom is -0.489 e. The molecule has 1 atom stereocenters. The van der Waals surface area contributed by atoms with Gasteiger partial charge in [-0.3, -0.25) is 9.59 Å². The fourth-order valence-corrected chi connectivity index (χ4v) is 6.04. The van der Waals surface area contributed by atoms with E-state index in [1.54, 1.807) is 12.1 Å². The number of anilines is 2. The lowest BCUT2D eigenvalue weighted by Gasteiger charge is -2.18. The largest absolute Gasteiger partial charge is 0.489 e. The molecule has 37 heavy (non-hydrogen) atoms. The van der Waals surface area contributed by atoms with E-state index in [1.165, 1.54) is 16.2 Å². The molecule has 188 valence electrons. The van der Waals surface area contributed by atoms with Gasteiger partial charge in [-0.2, -0.15) is 0 Å². The number of amides is 2. The van der Waals surface area contributed by atoms with Gasteiger partial charge in [0.05, 0.1) is 5.56 Å². The molecule has 4 aromatic rings. The van der Waals surface area contributed by atoms with E-state index in [4.69, 9.17) is 16.3 Å². The first-order chi connectivity index (χ1) is 18.0. The van der Waals surface area contributed by atoms with Crippen LogP contribution in [0, 0.1) is 5.92 Å². The monoisotopic (exact) mass is 530 g/mol. The molecule has 1 heterocycles. The lowest BCUT2D eigenvalue weighted by molar-refractivity contribution is 0.102. The molecule has 0 spiro atoms. The number of benzene rings is 3. The van der Waals surface area contributed by atoms with Crippen molar-refractivity contribution in [3.63, 3.8) is 0 Å². The summed E-state index contributed by atoms with van der Waals surface area (Å²) in [5.74, 6) is 0.787. The number of hydrogen-bond donors (Lipinski definition) is 2. The average molecular weight is 531 g/mol. The van der Waals surface area contributed by atoms with Gasteiger partial charge in [0.15, 0.2) is 0 Å². The van der Waals surface area contributed by atoms with E-state index in [2.05, 4.69) is 17.6 Å². The first kappa shape index (κ1) is 25.1. The Morgan fingerprint density at radius 2 is 1.68 bits per heavy atom. The smallest absolute Gasteiger partial charge is 0.258 e. The van der Waals surface area contributed by atoms with Crippen molar-refractivity contribution in [1.82, 2.24) is 0 Å². The van der Waals surface area contributed by atoms with Crippen molar-refractivity contribution in [2.24, 2.45) is 5.92 Å². The standard InChI is InChI=1S/C30H27ClN2O3S/c1-19-11-16-24-26(17-19)37-30(33-28(34)20-7-3-2-4-8-20)27(24)29(35)32-22-12-14-23(15-13-22)36-18-21-9-5-6-10-25(21)31/h2-10,12-15,19H,11,16-18H2,1H3,(H,32,35)(H,33,34). The number of fused-ring (bicyclic) bond motifs is 1. The molecule has 2 N–H and O–H groups in total. The minimum absolute atomic E-state index is 0.221. The van der Waals surface area contributed by atoms with Gasteiger partial charge in [0.2, 0.25) is 0 Å². The molecule has 5 nitrogen and oxygen atoms in total. The molecule has 7 heteroatoms. The molecule has 2 amide bonds. The summed E-state index contributed by atoms with van der Waals surface area (Å²) in [5, 5.41) is 7.27. The number of carbonyl (C=O) groups is 2. The maximum absolute atomic E-state index is 13.5. The predicted octanol–water partition coefficient (Wildman–Crippen LogP) is 7.61. The SMILES string of the molecule is CC1CCc2c(sc(NC(=O)c3ccccc3)c2C(=O)Nc2ccc(OCc3ccccc3Cl)cc2)C1. The molecule has 1 aliphatic carbocycles. The number of ether oxygens (including phenoxy) is 1. The topological polar surface area (TPSA) is 67.4 Å². The lowest BCUT2D eigenvalue weighted by Crippen LogP contribution is -2.19. The molecule has 0 saturated heterocycles. The van der Waals surface area contributed by atoms with Crippen molar-refractivity contribution in [3.8, 4) is 5.75 Å². The van der Waals surface area contributed by atoms with Crippen LogP contribution in [-0.2, 0) is 19.4 Å². The Kier molecular flexibility index (Phi) is 7.58. The van der Waals surface area contributed by atoms with Crippen molar-refractivity contribution in [2.75, 3.05) is 10.6 Å². The molecule has 0 saturated carbocycles. The number of rotatable bonds is 7. The van der Waals surface area contributed by atoms with Crippen molar-refractivity contribution in [3.05, 3.63) is 111 Å². The Morgan fingerprint density at radius 3 is 2.43 bits per heavy atom. The van der Waals surface area contributed by atoms with Gasteiger partial charge in [-0.1, -0.05) is 54.9 Å². The lowest BCUT2D eigenvalue weighted by atomic mass is 9.88. The van der Waals surface area contributed by atoms with E-state index in [9.17, 15) is 9.59 Å². The summed E-state index contributed by atoms with van der Waals surface area (Å²) in [5.41, 5.74) is 3.72. The van der Waals surface area contributed by atoms with Crippen molar-refractivity contribution >= 4 is 45.4 Å². The van der Waals surface area contributed by atoms with Gasteiger partial charge in [-0.25, -0.2) is 0 Å². The molecule has 3 aromatic carbocycles. The fourth-order valence-electron chi connectivity index (χ4n) is 4.45. The molecule has 0 aliphatic heterocycles. The Balaban J connectivity index is 1.32. The van der Waals surface area contributed by atoms with Crippen LogP contribution >= 0.6 is 22.9 Å². The summed E-state index contributed by atoms with van der Waals surface area (Å²) in [6, 6.07) is 23.9. The van der Waals surface area contributed by atoms with Gasteiger partial charge in [0.1, 0.15) is 17.4 Å². The van der Waals surface area contributed by atoms with Crippen molar-refractivity contribution < 1.29 is 14.3 Å². The second kappa shape index (κ2) is 11.2. The van der Waals surface area contributed by atoms with Gasteiger partial charge in [-0.15, -0.1) is 11.3 Å². The third-order valence-electron chi connectivity index (χ3n) is 6.47. The second-order valence-electron chi connectivity index (χ2n) is 9.23. The molecular weight excluding hydrogens is 504 g/mol. The number of halogens is 1. The van der Waals surface area contributed by atoms with E-state index in [-0.39, 0.29) is 11.8 Å². The highest BCUT2D eigenvalue weighted by Crippen LogP contribution is 2.40. The van der Waals surface area contributed by atoms with Crippen molar-refractivity contribution in [2.45, 2.75) is 32.8 Å². The molecular formula is C30H27ClN2O3S. The summed E-state index contributed by atoms with van der Waals surface area (Å²) in [4.78, 5) is 27.6. The van der Waals surface area contributed by atoms with E-state index < -0.39 is 0 Å². The van der Waals surface area contributed by atoms with Gasteiger partial charge in [-0.05, 0) is 73.2 Å². The number of hydrogen-bond acceptors (Lipinski definition) is 4. The summed E-state index contributed by atoms with van der Waals surface area (Å²) < 4.78 is 5.85. The Bertz CT molecular complexity index is 1420. The average Bonchev–Trinajstić information content (AvgIpc) is 3.26. The number of carbonyl (C=O) groups excluding carboxylic acids is 2. The van der Waals surface area contributed by atoms with E-state index in [0.717, 1.165) is 30.4 Å². The molecule has 0 bridgehead atoms. The van der Waals surface area contributed by atoms with Crippen molar-refractivity contribution in [1.29, 1.82) is 0 Å². The maximum Gasteiger partial charge on any atom is 0.258 e. The van der Waals surface area contributed by atoms with Crippen LogP contribution in [0.2, 0.25) is 5.02 Å². The van der Waals surface area contributed by atoms with Gasteiger partial charge >= 0.3 is 0 Å². The number of nitrogens with one attached hydrogen (secondary N) is 2. The van der Waals surface area contributed by atoms with Crippen LogP contribution < -0.4 is 15.4 Å². The van der Waals surface area contributed by atoms with Crippen LogP contribution in [0.4, 0.5) is 10.7 Å². The van der Waals surface area contributed by atoms with Gasteiger partial charge in [0, 0.05) is 26.7 Å². The highest BCUT2D eigenvalue weighted by molar-refractivity contribution is 7.17. The zero-order valence-corrected chi connectivity index (χ0v) is 22.0.